The molecule has 0 spiro atoms. The molecular weight excluding hydrogens is 344 g/mol. The van der Waals surface area contributed by atoms with E-state index in [1.165, 1.54) is 18.4 Å². The van der Waals surface area contributed by atoms with Crippen molar-refractivity contribution in [2.45, 2.75) is 33.2 Å². The van der Waals surface area contributed by atoms with Crippen LogP contribution >= 0.6 is 23.6 Å². The zero-order valence-corrected chi connectivity index (χ0v) is 15.7. The number of carbonyl (C=O) groups excluding carboxylic acids is 1. The molecule has 2 aromatic rings. The van der Waals surface area contributed by atoms with Crippen LogP contribution in [0.4, 0.5) is 5.00 Å². The Hall–Kier alpha value is -1.93. The summed E-state index contributed by atoms with van der Waals surface area (Å²) in [5.74, 6) is -0.356. The summed E-state index contributed by atoms with van der Waals surface area (Å²) in [7, 11) is 1.38. The van der Waals surface area contributed by atoms with Gasteiger partial charge in [-0.15, -0.1) is 11.3 Å². The summed E-state index contributed by atoms with van der Waals surface area (Å²) >= 11 is 6.82. The average molecular weight is 367 g/mol. The topological polar surface area (TPSA) is 68.2 Å². The van der Waals surface area contributed by atoms with Crippen molar-refractivity contribution in [3.05, 3.63) is 34.5 Å². The average Bonchev–Trinajstić information content (AvgIpc) is 3.17. The lowest BCUT2D eigenvalue weighted by Crippen LogP contribution is -2.30. The summed E-state index contributed by atoms with van der Waals surface area (Å²) in [6.45, 7) is 5.57. The van der Waals surface area contributed by atoms with E-state index in [1.807, 2.05) is 36.9 Å². The van der Waals surface area contributed by atoms with Gasteiger partial charge < -0.3 is 15.4 Å². The monoisotopic (exact) mass is 366 g/mol. The SMILES string of the molecule is CCc1cc(C(=O)OC)c(NC(=S)NCCCn2ccc(C)n2)s1. The fourth-order valence-corrected chi connectivity index (χ4v) is 3.41. The Morgan fingerprint density at radius 2 is 2.29 bits per heavy atom. The van der Waals surface area contributed by atoms with E-state index in [2.05, 4.69) is 15.7 Å². The van der Waals surface area contributed by atoms with Gasteiger partial charge in [0.1, 0.15) is 5.00 Å². The number of esters is 1. The lowest BCUT2D eigenvalue weighted by Gasteiger charge is -2.10. The van der Waals surface area contributed by atoms with E-state index in [0.29, 0.717) is 10.7 Å². The molecule has 0 saturated heterocycles. The van der Waals surface area contributed by atoms with Crippen molar-refractivity contribution in [3.8, 4) is 0 Å². The molecule has 0 amide bonds. The van der Waals surface area contributed by atoms with Gasteiger partial charge in [-0.2, -0.15) is 5.10 Å². The van der Waals surface area contributed by atoms with Crippen molar-refractivity contribution in [1.29, 1.82) is 0 Å². The summed E-state index contributed by atoms with van der Waals surface area (Å²) < 4.78 is 6.73. The molecule has 0 saturated carbocycles. The molecule has 0 aromatic carbocycles. The quantitative estimate of drug-likeness (QED) is 0.446. The molecule has 0 aliphatic carbocycles. The smallest absolute Gasteiger partial charge is 0.340 e. The Morgan fingerprint density at radius 1 is 1.50 bits per heavy atom. The Morgan fingerprint density at radius 3 is 2.92 bits per heavy atom. The van der Waals surface area contributed by atoms with E-state index in [9.17, 15) is 4.79 Å². The highest BCUT2D eigenvalue weighted by Crippen LogP contribution is 2.29. The highest BCUT2D eigenvalue weighted by atomic mass is 32.1. The third-order valence-corrected chi connectivity index (χ3v) is 4.83. The number of nitrogens with zero attached hydrogens (tertiary/aromatic N) is 2. The fraction of sp³-hybridized carbons (Fsp3) is 0.438. The molecule has 0 fully saturated rings. The largest absolute Gasteiger partial charge is 0.465 e. The first kappa shape index (κ1) is 18.4. The number of ether oxygens (including phenoxy) is 1. The van der Waals surface area contributed by atoms with Crippen molar-refractivity contribution >= 4 is 39.6 Å². The van der Waals surface area contributed by atoms with Crippen LogP contribution in [0.15, 0.2) is 18.3 Å². The van der Waals surface area contributed by atoms with Gasteiger partial charge in [-0.25, -0.2) is 4.79 Å². The molecule has 0 bridgehead atoms. The van der Waals surface area contributed by atoms with Gasteiger partial charge in [0.05, 0.1) is 18.4 Å². The number of aromatic nitrogens is 2. The summed E-state index contributed by atoms with van der Waals surface area (Å²) in [6.07, 6.45) is 3.73. The molecule has 24 heavy (non-hydrogen) atoms. The Bertz CT molecular complexity index is 709. The molecule has 130 valence electrons. The van der Waals surface area contributed by atoms with Crippen LogP contribution in [0.2, 0.25) is 0 Å². The van der Waals surface area contributed by atoms with Crippen LogP contribution in [0.5, 0.6) is 0 Å². The van der Waals surface area contributed by atoms with Gasteiger partial charge in [-0.05, 0) is 44.1 Å². The number of anilines is 1. The van der Waals surface area contributed by atoms with Crippen molar-refractivity contribution in [2.75, 3.05) is 19.0 Å². The molecule has 0 radical (unpaired) electrons. The van der Waals surface area contributed by atoms with Crippen molar-refractivity contribution < 1.29 is 9.53 Å². The third-order valence-electron chi connectivity index (χ3n) is 3.39. The van der Waals surface area contributed by atoms with E-state index < -0.39 is 0 Å². The number of hydrogen-bond donors (Lipinski definition) is 2. The van der Waals surface area contributed by atoms with Gasteiger partial charge in [-0.3, -0.25) is 4.68 Å². The van der Waals surface area contributed by atoms with Gasteiger partial charge in [0.15, 0.2) is 5.11 Å². The number of thiophene rings is 1. The maximum absolute atomic E-state index is 11.8. The third kappa shape index (κ3) is 5.04. The first-order valence-corrected chi connectivity index (χ1v) is 9.02. The minimum Gasteiger partial charge on any atom is -0.465 e. The van der Waals surface area contributed by atoms with E-state index in [4.69, 9.17) is 17.0 Å². The highest BCUT2D eigenvalue weighted by molar-refractivity contribution is 7.80. The maximum Gasteiger partial charge on any atom is 0.340 e. The van der Waals surface area contributed by atoms with Crippen LogP contribution in [0.25, 0.3) is 0 Å². The van der Waals surface area contributed by atoms with Crippen LogP contribution in [-0.2, 0) is 17.7 Å². The van der Waals surface area contributed by atoms with Crippen molar-refractivity contribution in [3.63, 3.8) is 0 Å². The molecule has 0 aliphatic heterocycles. The maximum atomic E-state index is 11.8. The highest BCUT2D eigenvalue weighted by Gasteiger charge is 2.16. The second-order valence-electron chi connectivity index (χ2n) is 5.26. The Balaban J connectivity index is 1.83. The molecule has 8 heteroatoms. The molecule has 2 N–H and O–H groups in total. The minimum atomic E-state index is -0.356. The van der Waals surface area contributed by atoms with E-state index in [-0.39, 0.29) is 5.97 Å². The van der Waals surface area contributed by atoms with Crippen molar-refractivity contribution in [2.24, 2.45) is 0 Å². The lowest BCUT2D eigenvalue weighted by atomic mass is 10.2. The van der Waals surface area contributed by atoms with Gasteiger partial charge in [0.25, 0.3) is 0 Å². The van der Waals surface area contributed by atoms with Gasteiger partial charge >= 0.3 is 5.97 Å². The molecule has 0 atom stereocenters. The molecule has 2 aromatic heterocycles. The standard InChI is InChI=1S/C16H22N4O2S2/c1-4-12-10-13(15(21)22-3)14(24-12)18-16(23)17-7-5-8-20-9-6-11(2)19-20/h6,9-10H,4-5,7-8H2,1-3H3,(H2,17,18,23). The van der Waals surface area contributed by atoms with Crippen molar-refractivity contribution in [1.82, 2.24) is 15.1 Å². The Kier molecular flexibility index (Phi) is 6.74. The number of nitrogens with one attached hydrogen (secondary N) is 2. The minimum absolute atomic E-state index is 0.356. The van der Waals surface area contributed by atoms with E-state index in [0.717, 1.165) is 41.5 Å². The number of thiocarbonyl (C=S) groups is 1. The van der Waals surface area contributed by atoms with Gasteiger partial charge in [0.2, 0.25) is 0 Å². The Labute approximate surface area is 151 Å². The molecule has 0 aliphatic rings. The second kappa shape index (κ2) is 8.79. The summed E-state index contributed by atoms with van der Waals surface area (Å²) in [5.41, 5.74) is 1.54. The van der Waals surface area contributed by atoms with Crippen LogP contribution in [0.3, 0.4) is 0 Å². The van der Waals surface area contributed by atoms with E-state index >= 15 is 0 Å². The van der Waals surface area contributed by atoms with Crippen LogP contribution in [0.1, 0.15) is 34.3 Å². The summed E-state index contributed by atoms with van der Waals surface area (Å²) in [6, 6.07) is 3.83. The number of rotatable bonds is 7. The van der Waals surface area contributed by atoms with Gasteiger partial charge in [-0.1, -0.05) is 6.92 Å². The number of aryl methyl sites for hydroxylation is 3. The van der Waals surface area contributed by atoms with E-state index in [1.54, 1.807) is 0 Å². The first-order chi connectivity index (χ1) is 11.5. The fourth-order valence-electron chi connectivity index (χ4n) is 2.15. The summed E-state index contributed by atoms with van der Waals surface area (Å²) in [4.78, 5) is 12.9. The van der Waals surface area contributed by atoms with Gasteiger partial charge in [0, 0.05) is 24.2 Å². The number of methoxy groups -OCH3 is 1. The molecule has 6 nitrogen and oxygen atoms in total. The number of carbonyl (C=O) groups is 1. The second-order valence-corrected chi connectivity index (χ2v) is 6.80. The zero-order valence-electron chi connectivity index (χ0n) is 14.1. The predicted octanol–water partition coefficient (Wildman–Crippen LogP) is 2.98. The zero-order chi connectivity index (χ0) is 17.5. The predicted molar refractivity (Wildman–Crippen MR) is 101 cm³/mol. The van der Waals surface area contributed by atoms with Crippen LogP contribution in [0, 0.1) is 6.92 Å². The lowest BCUT2D eigenvalue weighted by molar-refractivity contribution is 0.0602. The molecule has 0 unspecified atom stereocenters. The summed E-state index contributed by atoms with van der Waals surface area (Å²) in [5, 5.41) is 11.8. The normalized spacial score (nSPS) is 10.5. The van der Waals surface area contributed by atoms with Crippen LogP contribution in [-0.4, -0.2) is 34.5 Å². The van der Waals surface area contributed by atoms with Crippen LogP contribution < -0.4 is 10.6 Å². The first-order valence-electron chi connectivity index (χ1n) is 7.79. The molecule has 2 rings (SSSR count). The molecule has 2 heterocycles. The number of hydrogen-bond acceptors (Lipinski definition) is 5. The molecular formula is C16H22N4O2S2.